The lowest BCUT2D eigenvalue weighted by molar-refractivity contribution is 0.00628. The van der Waals surface area contributed by atoms with Gasteiger partial charge in [0.15, 0.2) is 0 Å². The zero-order valence-corrected chi connectivity index (χ0v) is 12.3. The van der Waals surface area contributed by atoms with Crippen molar-refractivity contribution in [3.8, 4) is 5.75 Å². The SMILES string of the molecule is Cc1cc(F)ccc1OC1CN(CC2CCCCC2)C1. The molecule has 1 aliphatic heterocycles. The van der Waals surface area contributed by atoms with E-state index in [4.69, 9.17) is 4.74 Å². The Hall–Kier alpha value is -1.09. The Bertz CT molecular complexity index is 450. The van der Waals surface area contributed by atoms with Gasteiger partial charge in [-0.25, -0.2) is 4.39 Å². The van der Waals surface area contributed by atoms with Crippen LogP contribution in [0.2, 0.25) is 0 Å². The standard InChI is InChI=1S/C17H24FNO/c1-13-9-15(18)7-8-17(13)20-16-11-19(12-16)10-14-5-3-2-4-6-14/h7-9,14,16H,2-6,10-12H2,1H3. The highest BCUT2D eigenvalue weighted by Crippen LogP contribution is 2.27. The van der Waals surface area contributed by atoms with Crippen LogP contribution in [0, 0.1) is 18.7 Å². The summed E-state index contributed by atoms with van der Waals surface area (Å²) in [5.41, 5.74) is 0.885. The van der Waals surface area contributed by atoms with Gasteiger partial charge in [-0.05, 0) is 49.4 Å². The summed E-state index contributed by atoms with van der Waals surface area (Å²) in [5, 5.41) is 0. The van der Waals surface area contributed by atoms with E-state index in [0.717, 1.165) is 30.3 Å². The molecule has 2 aliphatic rings. The molecule has 3 rings (SSSR count). The van der Waals surface area contributed by atoms with E-state index in [1.165, 1.54) is 50.8 Å². The van der Waals surface area contributed by atoms with Crippen molar-refractivity contribution < 1.29 is 9.13 Å². The normalized spacial score (nSPS) is 21.7. The Morgan fingerprint density at radius 2 is 1.95 bits per heavy atom. The van der Waals surface area contributed by atoms with Gasteiger partial charge in [-0.1, -0.05) is 19.3 Å². The van der Waals surface area contributed by atoms with Crippen LogP contribution in [-0.2, 0) is 0 Å². The quantitative estimate of drug-likeness (QED) is 0.830. The zero-order chi connectivity index (χ0) is 13.9. The van der Waals surface area contributed by atoms with Crippen LogP contribution in [0.15, 0.2) is 18.2 Å². The molecule has 0 bridgehead atoms. The fraction of sp³-hybridized carbons (Fsp3) is 0.647. The second kappa shape index (κ2) is 6.13. The van der Waals surface area contributed by atoms with Crippen LogP contribution in [0.5, 0.6) is 5.75 Å². The van der Waals surface area contributed by atoms with Gasteiger partial charge in [0.1, 0.15) is 17.7 Å². The molecule has 1 heterocycles. The van der Waals surface area contributed by atoms with Crippen molar-refractivity contribution in [1.82, 2.24) is 4.90 Å². The molecule has 0 radical (unpaired) electrons. The number of hydrogen-bond acceptors (Lipinski definition) is 2. The third-order valence-corrected chi connectivity index (χ3v) is 4.60. The van der Waals surface area contributed by atoms with Crippen LogP contribution >= 0.6 is 0 Å². The first-order chi connectivity index (χ1) is 9.70. The number of nitrogens with zero attached hydrogens (tertiary/aromatic N) is 1. The number of benzene rings is 1. The molecule has 110 valence electrons. The molecule has 1 aliphatic carbocycles. The number of ether oxygens (including phenoxy) is 1. The molecular weight excluding hydrogens is 253 g/mol. The van der Waals surface area contributed by atoms with Crippen molar-refractivity contribution in [3.63, 3.8) is 0 Å². The molecule has 1 saturated heterocycles. The number of likely N-dealkylation sites (tertiary alicyclic amines) is 1. The lowest BCUT2D eigenvalue weighted by Crippen LogP contribution is -2.55. The first kappa shape index (κ1) is 13.9. The van der Waals surface area contributed by atoms with E-state index in [1.54, 1.807) is 6.07 Å². The van der Waals surface area contributed by atoms with Crippen LogP contribution in [0.4, 0.5) is 4.39 Å². The van der Waals surface area contributed by atoms with E-state index < -0.39 is 0 Å². The highest BCUT2D eigenvalue weighted by Gasteiger charge is 2.30. The Morgan fingerprint density at radius 1 is 1.20 bits per heavy atom. The molecule has 1 aromatic rings. The highest BCUT2D eigenvalue weighted by molar-refractivity contribution is 5.33. The zero-order valence-electron chi connectivity index (χ0n) is 12.3. The molecule has 0 atom stereocenters. The second-order valence-corrected chi connectivity index (χ2v) is 6.37. The van der Waals surface area contributed by atoms with Crippen LogP contribution in [0.1, 0.15) is 37.7 Å². The minimum Gasteiger partial charge on any atom is -0.487 e. The predicted octanol–water partition coefficient (Wildman–Crippen LogP) is 3.78. The van der Waals surface area contributed by atoms with Crippen molar-refractivity contribution in [2.75, 3.05) is 19.6 Å². The van der Waals surface area contributed by atoms with E-state index in [9.17, 15) is 4.39 Å². The fourth-order valence-corrected chi connectivity index (χ4v) is 3.41. The molecule has 20 heavy (non-hydrogen) atoms. The largest absolute Gasteiger partial charge is 0.487 e. The Labute approximate surface area is 120 Å². The molecule has 0 N–H and O–H groups in total. The van der Waals surface area contributed by atoms with Gasteiger partial charge in [0.05, 0.1) is 0 Å². The van der Waals surface area contributed by atoms with Gasteiger partial charge in [0.25, 0.3) is 0 Å². The number of halogens is 1. The van der Waals surface area contributed by atoms with Crippen molar-refractivity contribution in [2.45, 2.75) is 45.1 Å². The van der Waals surface area contributed by atoms with Gasteiger partial charge in [0.2, 0.25) is 0 Å². The highest BCUT2D eigenvalue weighted by atomic mass is 19.1. The van der Waals surface area contributed by atoms with Gasteiger partial charge < -0.3 is 4.74 Å². The summed E-state index contributed by atoms with van der Waals surface area (Å²) in [5.74, 6) is 1.54. The number of hydrogen-bond donors (Lipinski definition) is 0. The lowest BCUT2D eigenvalue weighted by atomic mass is 9.88. The van der Waals surface area contributed by atoms with Gasteiger partial charge in [-0.3, -0.25) is 4.90 Å². The van der Waals surface area contributed by atoms with Gasteiger partial charge in [-0.15, -0.1) is 0 Å². The average Bonchev–Trinajstić information content (AvgIpc) is 2.40. The summed E-state index contributed by atoms with van der Waals surface area (Å²) in [6.45, 7) is 5.18. The second-order valence-electron chi connectivity index (χ2n) is 6.37. The first-order valence-electron chi connectivity index (χ1n) is 7.86. The van der Waals surface area contributed by atoms with Gasteiger partial charge >= 0.3 is 0 Å². The summed E-state index contributed by atoms with van der Waals surface area (Å²) >= 11 is 0. The fourth-order valence-electron chi connectivity index (χ4n) is 3.41. The molecule has 1 aromatic carbocycles. The van der Waals surface area contributed by atoms with E-state index >= 15 is 0 Å². The van der Waals surface area contributed by atoms with Crippen molar-refractivity contribution in [2.24, 2.45) is 5.92 Å². The van der Waals surface area contributed by atoms with Crippen LogP contribution < -0.4 is 4.74 Å². The summed E-state index contributed by atoms with van der Waals surface area (Å²) in [4.78, 5) is 2.50. The van der Waals surface area contributed by atoms with Crippen LogP contribution in [0.3, 0.4) is 0 Å². The van der Waals surface area contributed by atoms with Gasteiger partial charge in [-0.2, -0.15) is 0 Å². The topological polar surface area (TPSA) is 12.5 Å². The summed E-state index contributed by atoms with van der Waals surface area (Å²) in [7, 11) is 0. The molecule has 2 fully saturated rings. The summed E-state index contributed by atoms with van der Waals surface area (Å²) in [6, 6.07) is 4.75. The summed E-state index contributed by atoms with van der Waals surface area (Å²) in [6.07, 6.45) is 7.33. The first-order valence-corrected chi connectivity index (χ1v) is 7.86. The summed E-state index contributed by atoms with van der Waals surface area (Å²) < 4.78 is 19.0. The van der Waals surface area contributed by atoms with E-state index in [1.807, 2.05) is 6.92 Å². The number of aryl methyl sites for hydroxylation is 1. The lowest BCUT2D eigenvalue weighted by Gasteiger charge is -2.41. The minimum atomic E-state index is -0.192. The molecule has 0 amide bonds. The Kier molecular flexibility index (Phi) is 4.25. The third-order valence-electron chi connectivity index (χ3n) is 4.60. The average molecular weight is 277 g/mol. The molecule has 0 aromatic heterocycles. The predicted molar refractivity (Wildman–Crippen MR) is 78.6 cm³/mol. The van der Waals surface area contributed by atoms with Gasteiger partial charge in [0, 0.05) is 19.6 Å². The molecule has 3 heteroatoms. The maximum Gasteiger partial charge on any atom is 0.124 e. The maximum absolute atomic E-state index is 13.0. The van der Waals surface area contributed by atoms with E-state index in [2.05, 4.69) is 4.90 Å². The van der Waals surface area contributed by atoms with Crippen LogP contribution in [0.25, 0.3) is 0 Å². The molecular formula is C17H24FNO. The molecule has 0 spiro atoms. The smallest absolute Gasteiger partial charge is 0.124 e. The monoisotopic (exact) mass is 277 g/mol. The van der Waals surface area contributed by atoms with Crippen molar-refractivity contribution in [1.29, 1.82) is 0 Å². The third kappa shape index (κ3) is 3.32. The molecule has 1 saturated carbocycles. The molecule has 0 unspecified atom stereocenters. The van der Waals surface area contributed by atoms with Crippen LogP contribution in [-0.4, -0.2) is 30.6 Å². The van der Waals surface area contributed by atoms with E-state index in [0.29, 0.717) is 0 Å². The Morgan fingerprint density at radius 3 is 2.65 bits per heavy atom. The number of rotatable bonds is 4. The molecule has 2 nitrogen and oxygen atoms in total. The Balaban J connectivity index is 1.43. The maximum atomic E-state index is 13.0. The van der Waals surface area contributed by atoms with E-state index in [-0.39, 0.29) is 11.9 Å². The van der Waals surface area contributed by atoms with Crippen molar-refractivity contribution >= 4 is 0 Å². The van der Waals surface area contributed by atoms with Crippen molar-refractivity contribution in [3.05, 3.63) is 29.6 Å². The minimum absolute atomic E-state index is 0.192.